The molecule has 8 heteroatoms. The van der Waals surface area contributed by atoms with Gasteiger partial charge in [0.25, 0.3) is 0 Å². The molecule has 158 valence electrons. The highest BCUT2D eigenvalue weighted by Crippen LogP contribution is 2.29. The van der Waals surface area contributed by atoms with Gasteiger partial charge in [0, 0.05) is 42.8 Å². The predicted octanol–water partition coefficient (Wildman–Crippen LogP) is 3.80. The lowest BCUT2D eigenvalue weighted by molar-refractivity contribution is -0.120. The minimum Gasteiger partial charge on any atom is -0.383 e. The lowest BCUT2D eigenvalue weighted by Gasteiger charge is -2.28. The third-order valence-corrected chi connectivity index (χ3v) is 6.47. The van der Waals surface area contributed by atoms with Crippen LogP contribution in [0.2, 0.25) is 0 Å². The number of hydrogen-bond acceptors (Lipinski definition) is 7. The van der Waals surface area contributed by atoms with Crippen LogP contribution in [0.25, 0.3) is 21.3 Å². The fourth-order valence-corrected chi connectivity index (χ4v) is 4.60. The molecule has 1 aromatic carbocycles. The summed E-state index contributed by atoms with van der Waals surface area (Å²) in [6, 6.07) is 8.54. The third-order valence-electron chi connectivity index (χ3n) is 5.58. The molecule has 1 aliphatic carbocycles. The number of aromatic nitrogens is 3. The van der Waals surface area contributed by atoms with E-state index in [1.54, 1.807) is 24.6 Å². The minimum atomic E-state index is 0.0404. The first-order valence-electron chi connectivity index (χ1n) is 10.4. The molecule has 0 atom stereocenters. The van der Waals surface area contributed by atoms with E-state index in [9.17, 15) is 4.79 Å². The lowest BCUT2D eigenvalue weighted by Crippen LogP contribution is -2.37. The van der Waals surface area contributed by atoms with Crippen molar-refractivity contribution >= 4 is 33.8 Å². The minimum absolute atomic E-state index is 0.0404. The normalized spacial score (nSPS) is 19.1. The average molecular weight is 426 g/mol. The molecule has 0 radical (unpaired) electrons. The van der Waals surface area contributed by atoms with E-state index < -0.39 is 0 Å². The summed E-state index contributed by atoms with van der Waals surface area (Å²) in [5, 5.41) is 18.7. The van der Waals surface area contributed by atoms with Gasteiger partial charge in [-0.25, -0.2) is 4.98 Å². The van der Waals surface area contributed by atoms with Gasteiger partial charge in [0.1, 0.15) is 15.8 Å². The quantitative estimate of drug-likeness (QED) is 0.560. The molecule has 1 saturated carbocycles. The summed E-state index contributed by atoms with van der Waals surface area (Å²) >= 11 is 1.57. The molecule has 2 N–H and O–H groups in total. The van der Waals surface area contributed by atoms with Crippen LogP contribution in [0.5, 0.6) is 0 Å². The van der Waals surface area contributed by atoms with E-state index in [1.807, 2.05) is 25.1 Å². The molecule has 0 saturated heterocycles. The molecule has 1 amide bonds. The molecule has 2 aromatic heterocycles. The molecule has 0 spiro atoms. The zero-order valence-electron chi connectivity index (χ0n) is 17.4. The summed E-state index contributed by atoms with van der Waals surface area (Å²) in [5.74, 6) is 0.699. The molecule has 4 rings (SSSR count). The van der Waals surface area contributed by atoms with E-state index in [-0.39, 0.29) is 11.8 Å². The van der Waals surface area contributed by atoms with Crippen LogP contribution in [0, 0.1) is 12.8 Å². The summed E-state index contributed by atoms with van der Waals surface area (Å²) in [6.45, 7) is 3.52. The molecule has 0 bridgehead atoms. The van der Waals surface area contributed by atoms with Crippen LogP contribution in [0.15, 0.2) is 30.5 Å². The number of nitrogens with zero attached hydrogens (tertiary/aromatic N) is 3. The maximum atomic E-state index is 12.8. The van der Waals surface area contributed by atoms with Crippen LogP contribution in [-0.2, 0) is 9.53 Å². The molecule has 7 nitrogen and oxygen atoms in total. The Morgan fingerprint density at radius 1 is 1.17 bits per heavy atom. The number of hydrogen-bond donors (Lipinski definition) is 2. The molecule has 2 heterocycles. The predicted molar refractivity (Wildman–Crippen MR) is 120 cm³/mol. The van der Waals surface area contributed by atoms with Crippen molar-refractivity contribution in [1.82, 2.24) is 20.5 Å². The van der Waals surface area contributed by atoms with E-state index >= 15 is 0 Å². The standard InChI is InChI=1S/C22H27N5O2S/c1-14-26-27-22(30-14)16-3-4-17-13-24-20(12-18(17)11-16)25-21(28)15-5-7-19(8-6-15)23-9-10-29-2/h3-4,11-13,15,19,23H,5-10H2,1-2H3,(H,24,25,28)/t15-,19-. The number of methoxy groups -OCH3 is 1. The highest BCUT2D eigenvalue weighted by atomic mass is 32.1. The van der Waals surface area contributed by atoms with E-state index in [0.717, 1.165) is 58.6 Å². The number of aryl methyl sites for hydroxylation is 1. The van der Waals surface area contributed by atoms with E-state index in [4.69, 9.17) is 4.74 Å². The molecular formula is C22H27N5O2S. The Labute approximate surface area is 180 Å². The second-order valence-corrected chi connectivity index (χ2v) is 8.92. The Bertz CT molecular complexity index is 1010. The molecule has 0 aliphatic heterocycles. The van der Waals surface area contributed by atoms with Crippen molar-refractivity contribution in [3.63, 3.8) is 0 Å². The fraction of sp³-hybridized carbons (Fsp3) is 0.455. The number of pyridine rings is 1. The second-order valence-electron chi connectivity index (χ2n) is 7.74. The average Bonchev–Trinajstić information content (AvgIpc) is 3.20. The summed E-state index contributed by atoms with van der Waals surface area (Å²) < 4.78 is 5.08. The largest absolute Gasteiger partial charge is 0.383 e. The van der Waals surface area contributed by atoms with E-state index in [2.05, 4.69) is 31.9 Å². The number of rotatable bonds is 7. The van der Waals surface area contributed by atoms with Crippen LogP contribution >= 0.6 is 11.3 Å². The third kappa shape index (κ3) is 5.00. The second kappa shape index (κ2) is 9.59. The van der Waals surface area contributed by atoms with Gasteiger partial charge in [-0.05, 0) is 50.1 Å². The molecular weight excluding hydrogens is 398 g/mol. The first kappa shape index (κ1) is 20.8. The van der Waals surface area contributed by atoms with Gasteiger partial charge in [-0.15, -0.1) is 10.2 Å². The van der Waals surface area contributed by atoms with Crippen molar-refractivity contribution in [2.75, 3.05) is 25.6 Å². The molecule has 1 aliphatic rings. The first-order chi connectivity index (χ1) is 14.6. The smallest absolute Gasteiger partial charge is 0.228 e. The Balaban J connectivity index is 1.39. The lowest BCUT2D eigenvalue weighted by atomic mass is 9.85. The van der Waals surface area contributed by atoms with E-state index in [1.165, 1.54) is 0 Å². The summed E-state index contributed by atoms with van der Waals surface area (Å²) in [7, 11) is 1.71. The van der Waals surface area contributed by atoms with Gasteiger partial charge in [-0.2, -0.15) is 0 Å². The molecule has 30 heavy (non-hydrogen) atoms. The number of anilines is 1. The van der Waals surface area contributed by atoms with Crippen molar-refractivity contribution in [3.05, 3.63) is 35.5 Å². The van der Waals surface area contributed by atoms with Crippen LogP contribution in [0.1, 0.15) is 30.7 Å². The maximum Gasteiger partial charge on any atom is 0.228 e. The summed E-state index contributed by atoms with van der Waals surface area (Å²) in [6.07, 6.45) is 5.61. The van der Waals surface area contributed by atoms with Gasteiger partial charge in [-0.1, -0.05) is 23.5 Å². The van der Waals surface area contributed by atoms with Gasteiger partial charge in [-0.3, -0.25) is 4.79 Å². The van der Waals surface area contributed by atoms with Crippen LogP contribution in [0.3, 0.4) is 0 Å². The van der Waals surface area contributed by atoms with Crippen molar-refractivity contribution in [2.45, 2.75) is 38.6 Å². The number of ether oxygens (including phenoxy) is 1. The maximum absolute atomic E-state index is 12.8. The number of nitrogens with one attached hydrogen (secondary N) is 2. The van der Waals surface area contributed by atoms with E-state index in [0.29, 0.717) is 18.5 Å². The Morgan fingerprint density at radius 3 is 2.73 bits per heavy atom. The zero-order chi connectivity index (χ0) is 20.9. The number of carbonyl (C=O) groups excluding carboxylic acids is 1. The highest BCUT2D eigenvalue weighted by molar-refractivity contribution is 7.14. The van der Waals surface area contributed by atoms with Crippen LogP contribution in [-0.4, -0.2) is 47.4 Å². The first-order valence-corrected chi connectivity index (χ1v) is 11.2. The number of benzene rings is 1. The topological polar surface area (TPSA) is 89.0 Å². The van der Waals surface area contributed by atoms with Crippen molar-refractivity contribution in [2.24, 2.45) is 5.92 Å². The van der Waals surface area contributed by atoms with Gasteiger partial charge in [0.05, 0.1) is 6.61 Å². The highest BCUT2D eigenvalue weighted by Gasteiger charge is 2.26. The Hall–Kier alpha value is -2.42. The summed E-state index contributed by atoms with van der Waals surface area (Å²) in [5.41, 5.74) is 1.02. The Kier molecular flexibility index (Phi) is 6.66. The monoisotopic (exact) mass is 425 g/mol. The van der Waals surface area contributed by atoms with Crippen LogP contribution < -0.4 is 10.6 Å². The summed E-state index contributed by atoms with van der Waals surface area (Å²) in [4.78, 5) is 17.2. The van der Waals surface area contributed by atoms with Crippen molar-refractivity contribution < 1.29 is 9.53 Å². The van der Waals surface area contributed by atoms with Crippen molar-refractivity contribution in [1.29, 1.82) is 0 Å². The van der Waals surface area contributed by atoms with Gasteiger partial charge in [0.2, 0.25) is 5.91 Å². The van der Waals surface area contributed by atoms with Gasteiger partial charge in [0.15, 0.2) is 0 Å². The number of fused-ring (bicyclic) bond motifs is 1. The molecule has 1 fully saturated rings. The van der Waals surface area contributed by atoms with Crippen molar-refractivity contribution in [3.8, 4) is 10.6 Å². The molecule has 3 aromatic rings. The number of carbonyl (C=O) groups is 1. The molecule has 0 unspecified atom stereocenters. The Morgan fingerprint density at radius 2 is 2.00 bits per heavy atom. The number of amides is 1. The zero-order valence-corrected chi connectivity index (χ0v) is 18.2. The SMILES string of the molecule is COCCN[C@H]1CC[C@H](C(=O)Nc2cc3cc(-c4nnc(C)s4)ccc3cn2)CC1. The fourth-order valence-electron chi connectivity index (χ4n) is 3.91. The van der Waals surface area contributed by atoms with Crippen LogP contribution in [0.4, 0.5) is 5.82 Å². The van der Waals surface area contributed by atoms with Gasteiger partial charge >= 0.3 is 0 Å². The van der Waals surface area contributed by atoms with Gasteiger partial charge < -0.3 is 15.4 Å².